The van der Waals surface area contributed by atoms with E-state index in [9.17, 15) is 4.79 Å². The SMILES string of the molecule is CC1=NC=C(C(N)=O)C1. The van der Waals surface area contributed by atoms with Gasteiger partial charge in [-0.25, -0.2) is 0 Å². The highest BCUT2D eigenvalue weighted by molar-refractivity contribution is 6.01. The summed E-state index contributed by atoms with van der Waals surface area (Å²) >= 11 is 0. The largest absolute Gasteiger partial charge is 0.366 e. The molecule has 0 saturated carbocycles. The van der Waals surface area contributed by atoms with Gasteiger partial charge in [-0.1, -0.05) is 0 Å². The van der Waals surface area contributed by atoms with Crippen molar-refractivity contribution in [1.82, 2.24) is 0 Å². The second-order valence-electron chi connectivity index (χ2n) is 2.06. The topological polar surface area (TPSA) is 55.4 Å². The van der Waals surface area contributed by atoms with Gasteiger partial charge in [0.1, 0.15) is 0 Å². The fourth-order valence-electron chi connectivity index (χ4n) is 0.706. The minimum absolute atomic E-state index is 0.365. The van der Waals surface area contributed by atoms with Gasteiger partial charge in [0, 0.05) is 23.9 Å². The lowest BCUT2D eigenvalue weighted by Gasteiger charge is -1.90. The first-order chi connectivity index (χ1) is 4.20. The fraction of sp³-hybridized carbons (Fsp3) is 0.333. The molecule has 1 amide bonds. The summed E-state index contributed by atoms with van der Waals surface area (Å²) in [4.78, 5) is 14.3. The van der Waals surface area contributed by atoms with Gasteiger partial charge in [-0.3, -0.25) is 9.79 Å². The van der Waals surface area contributed by atoms with E-state index in [0.29, 0.717) is 12.0 Å². The van der Waals surface area contributed by atoms with E-state index in [0.717, 1.165) is 5.71 Å². The summed E-state index contributed by atoms with van der Waals surface area (Å²) in [7, 11) is 0. The van der Waals surface area contributed by atoms with Crippen LogP contribution in [0.3, 0.4) is 0 Å². The first-order valence-corrected chi connectivity index (χ1v) is 2.72. The van der Waals surface area contributed by atoms with E-state index < -0.39 is 0 Å². The van der Waals surface area contributed by atoms with Crippen LogP contribution in [0.2, 0.25) is 0 Å². The van der Waals surface area contributed by atoms with Crippen LogP contribution in [0, 0.1) is 0 Å². The molecule has 0 aromatic heterocycles. The summed E-state index contributed by atoms with van der Waals surface area (Å²) in [6.45, 7) is 1.87. The van der Waals surface area contributed by atoms with Crippen LogP contribution in [-0.2, 0) is 4.79 Å². The molecular weight excluding hydrogens is 116 g/mol. The van der Waals surface area contributed by atoms with Gasteiger partial charge in [0.25, 0.3) is 0 Å². The van der Waals surface area contributed by atoms with Gasteiger partial charge in [0.15, 0.2) is 0 Å². The summed E-state index contributed by atoms with van der Waals surface area (Å²) in [5, 5.41) is 0. The van der Waals surface area contributed by atoms with Crippen LogP contribution in [0.15, 0.2) is 16.8 Å². The molecule has 0 aliphatic carbocycles. The van der Waals surface area contributed by atoms with Crippen molar-refractivity contribution in [3.8, 4) is 0 Å². The van der Waals surface area contributed by atoms with Crippen LogP contribution in [0.4, 0.5) is 0 Å². The predicted molar refractivity (Wildman–Crippen MR) is 35.0 cm³/mol. The Bertz CT molecular complexity index is 203. The molecule has 1 aliphatic heterocycles. The number of aliphatic imine (C=N–C) groups is 1. The summed E-state index contributed by atoms with van der Waals surface area (Å²) in [5.41, 5.74) is 6.53. The average molecular weight is 124 g/mol. The van der Waals surface area contributed by atoms with E-state index in [4.69, 9.17) is 5.73 Å². The van der Waals surface area contributed by atoms with E-state index in [1.807, 2.05) is 6.92 Å². The molecule has 1 aliphatic rings. The number of hydrogen-bond donors (Lipinski definition) is 1. The molecule has 48 valence electrons. The normalized spacial score (nSPS) is 17.0. The van der Waals surface area contributed by atoms with Crippen LogP contribution in [0.5, 0.6) is 0 Å². The molecule has 9 heavy (non-hydrogen) atoms. The third kappa shape index (κ3) is 1.16. The van der Waals surface area contributed by atoms with Gasteiger partial charge in [-0.15, -0.1) is 0 Å². The summed E-state index contributed by atoms with van der Waals surface area (Å²) < 4.78 is 0. The average Bonchev–Trinajstić information content (AvgIpc) is 2.14. The molecule has 2 N–H and O–H groups in total. The van der Waals surface area contributed by atoms with Crippen molar-refractivity contribution in [2.45, 2.75) is 13.3 Å². The van der Waals surface area contributed by atoms with E-state index in [-0.39, 0.29) is 5.91 Å². The van der Waals surface area contributed by atoms with Gasteiger partial charge < -0.3 is 5.73 Å². The van der Waals surface area contributed by atoms with Crippen molar-refractivity contribution in [2.75, 3.05) is 0 Å². The number of carbonyl (C=O) groups excluding carboxylic acids is 1. The molecule has 0 aromatic rings. The molecular formula is C6H8N2O. The maximum absolute atomic E-state index is 10.4. The Morgan fingerprint density at radius 1 is 1.89 bits per heavy atom. The minimum atomic E-state index is -0.365. The van der Waals surface area contributed by atoms with Crippen LogP contribution in [0.25, 0.3) is 0 Å². The third-order valence-electron chi connectivity index (χ3n) is 1.20. The molecule has 0 aromatic carbocycles. The summed E-state index contributed by atoms with van der Waals surface area (Å²) in [6.07, 6.45) is 2.15. The third-order valence-corrected chi connectivity index (χ3v) is 1.20. The van der Waals surface area contributed by atoms with Crippen LogP contribution >= 0.6 is 0 Å². The Morgan fingerprint density at radius 2 is 2.56 bits per heavy atom. The molecule has 0 spiro atoms. The first-order valence-electron chi connectivity index (χ1n) is 2.72. The Labute approximate surface area is 53.3 Å². The van der Waals surface area contributed by atoms with Crippen molar-refractivity contribution < 1.29 is 4.79 Å². The predicted octanol–water partition coefficient (Wildman–Crippen LogP) is 0.220. The molecule has 0 fully saturated rings. The fourth-order valence-corrected chi connectivity index (χ4v) is 0.706. The zero-order chi connectivity index (χ0) is 6.85. The van der Waals surface area contributed by atoms with Crippen molar-refractivity contribution in [1.29, 1.82) is 0 Å². The van der Waals surface area contributed by atoms with E-state index in [2.05, 4.69) is 4.99 Å². The maximum atomic E-state index is 10.4. The molecule has 0 saturated heterocycles. The Morgan fingerprint density at radius 3 is 2.78 bits per heavy atom. The molecule has 0 atom stereocenters. The molecule has 1 heterocycles. The van der Waals surface area contributed by atoms with Gasteiger partial charge in [0.2, 0.25) is 5.91 Å². The Balaban J connectivity index is 2.64. The van der Waals surface area contributed by atoms with Gasteiger partial charge in [-0.2, -0.15) is 0 Å². The number of nitrogens with zero attached hydrogens (tertiary/aromatic N) is 1. The number of rotatable bonds is 1. The molecule has 3 nitrogen and oxygen atoms in total. The first kappa shape index (κ1) is 6.01. The quantitative estimate of drug-likeness (QED) is 0.534. The molecule has 0 bridgehead atoms. The lowest BCUT2D eigenvalue weighted by Crippen LogP contribution is -2.13. The van der Waals surface area contributed by atoms with E-state index >= 15 is 0 Å². The Hall–Kier alpha value is -1.12. The standard InChI is InChI=1S/C6H8N2O/c1-4-2-5(3-8-4)6(7)9/h3H,2H2,1H3,(H2,7,9). The number of amides is 1. The second kappa shape index (κ2) is 2.01. The molecule has 0 unspecified atom stereocenters. The van der Waals surface area contributed by atoms with Crippen molar-refractivity contribution in [2.24, 2.45) is 10.7 Å². The highest BCUT2D eigenvalue weighted by atomic mass is 16.1. The van der Waals surface area contributed by atoms with E-state index in [1.165, 1.54) is 6.20 Å². The molecule has 0 radical (unpaired) electrons. The van der Waals surface area contributed by atoms with Gasteiger partial charge >= 0.3 is 0 Å². The zero-order valence-corrected chi connectivity index (χ0v) is 5.22. The summed E-state index contributed by atoms with van der Waals surface area (Å²) in [6, 6.07) is 0. The van der Waals surface area contributed by atoms with Crippen molar-refractivity contribution in [3.63, 3.8) is 0 Å². The molecule has 3 heteroatoms. The van der Waals surface area contributed by atoms with E-state index in [1.54, 1.807) is 0 Å². The number of carbonyl (C=O) groups is 1. The van der Waals surface area contributed by atoms with Crippen LogP contribution in [-0.4, -0.2) is 11.6 Å². The second-order valence-corrected chi connectivity index (χ2v) is 2.06. The van der Waals surface area contributed by atoms with Crippen molar-refractivity contribution in [3.05, 3.63) is 11.8 Å². The highest BCUT2D eigenvalue weighted by Crippen LogP contribution is 2.09. The van der Waals surface area contributed by atoms with Crippen LogP contribution < -0.4 is 5.73 Å². The zero-order valence-electron chi connectivity index (χ0n) is 5.22. The number of hydrogen-bond acceptors (Lipinski definition) is 2. The lowest BCUT2D eigenvalue weighted by atomic mass is 10.2. The smallest absolute Gasteiger partial charge is 0.246 e. The van der Waals surface area contributed by atoms with Gasteiger partial charge in [-0.05, 0) is 6.92 Å². The summed E-state index contributed by atoms with van der Waals surface area (Å²) in [5.74, 6) is -0.365. The minimum Gasteiger partial charge on any atom is -0.366 e. The van der Waals surface area contributed by atoms with Crippen LogP contribution in [0.1, 0.15) is 13.3 Å². The lowest BCUT2D eigenvalue weighted by molar-refractivity contribution is -0.114. The Kier molecular flexibility index (Phi) is 1.34. The van der Waals surface area contributed by atoms with Gasteiger partial charge in [0.05, 0.1) is 0 Å². The molecule has 1 rings (SSSR count). The number of nitrogens with two attached hydrogens (primary N) is 1. The monoisotopic (exact) mass is 124 g/mol. The van der Waals surface area contributed by atoms with Crippen molar-refractivity contribution >= 4 is 11.6 Å². The maximum Gasteiger partial charge on any atom is 0.246 e. The highest BCUT2D eigenvalue weighted by Gasteiger charge is 2.09. The number of primary amides is 1.